The van der Waals surface area contributed by atoms with Crippen LogP contribution in [0.3, 0.4) is 0 Å². The molecule has 1 saturated heterocycles. The summed E-state index contributed by atoms with van der Waals surface area (Å²) in [5, 5.41) is 0.488. The van der Waals surface area contributed by atoms with Gasteiger partial charge in [0.1, 0.15) is 33.2 Å². The molecule has 0 aliphatic carbocycles. The first-order chi connectivity index (χ1) is 18.8. The van der Waals surface area contributed by atoms with Gasteiger partial charge in [-0.05, 0) is 61.4 Å². The van der Waals surface area contributed by atoms with Gasteiger partial charge in [0, 0.05) is 19.0 Å². The Balaban J connectivity index is 1.39. The van der Waals surface area contributed by atoms with E-state index in [1.165, 1.54) is 34.9 Å². The minimum Gasteiger partial charge on any atom is -0.497 e. The lowest BCUT2D eigenvalue weighted by atomic mass is 9.96. The Bertz CT molecular complexity index is 1500. The molecule has 2 aromatic carbocycles. The van der Waals surface area contributed by atoms with Gasteiger partial charge in [-0.15, -0.1) is 0 Å². The molecule has 0 atom stereocenters. The maximum atomic E-state index is 13.9. The van der Waals surface area contributed by atoms with Crippen LogP contribution in [-0.2, 0) is 21.4 Å². The van der Waals surface area contributed by atoms with Gasteiger partial charge >= 0.3 is 0 Å². The van der Waals surface area contributed by atoms with E-state index in [1.807, 2.05) is 0 Å². The fourth-order valence-electron chi connectivity index (χ4n) is 4.65. The van der Waals surface area contributed by atoms with E-state index >= 15 is 0 Å². The number of amides is 1. The third kappa shape index (κ3) is 5.32. The van der Waals surface area contributed by atoms with Crippen molar-refractivity contribution in [3.8, 4) is 17.2 Å². The number of rotatable bonds is 9. The summed E-state index contributed by atoms with van der Waals surface area (Å²) in [7, 11) is 1.000. The Hall–Kier alpha value is -3.61. The second-order valence-corrected chi connectivity index (χ2v) is 11.9. The van der Waals surface area contributed by atoms with E-state index in [1.54, 1.807) is 61.8 Å². The van der Waals surface area contributed by atoms with Crippen LogP contribution >= 0.6 is 11.3 Å². The fraction of sp³-hybridized carbons (Fsp3) is 0.333. The molecular weight excluding hydrogens is 542 g/mol. The molecule has 1 aliphatic rings. The predicted molar refractivity (Wildman–Crippen MR) is 147 cm³/mol. The summed E-state index contributed by atoms with van der Waals surface area (Å²) in [4.78, 5) is 20.5. The molecule has 10 nitrogen and oxygen atoms in total. The maximum Gasteiger partial charge on any atom is 0.243 e. The van der Waals surface area contributed by atoms with Gasteiger partial charge in [0.15, 0.2) is 5.13 Å². The van der Waals surface area contributed by atoms with Crippen LogP contribution in [-0.4, -0.2) is 58.0 Å². The second-order valence-electron chi connectivity index (χ2n) is 9.00. The first-order valence-electron chi connectivity index (χ1n) is 12.3. The molecule has 1 aliphatic heterocycles. The molecule has 0 bridgehead atoms. The molecule has 0 unspecified atom stereocenters. The standard InChI is InChI=1S/C27H29N3O7S2/c1-34-19-6-8-21(9-7-19)39(32,33)29-14-12-18(13-15-29)26(31)30(17-20-5-4-16-37-20)27-28-24-22(35-2)10-11-23(36-3)25(24)38-27/h4-11,16,18H,12-15,17H2,1-3H3. The summed E-state index contributed by atoms with van der Waals surface area (Å²) in [5.41, 5.74) is 0.606. The van der Waals surface area contributed by atoms with Crippen molar-refractivity contribution in [2.45, 2.75) is 24.3 Å². The van der Waals surface area contributed by atoms with Crippen LogP contribution in [0.5, 0.6) is 17.2 Å². The second kappa shape index (κ2) is 11.2. The van der Waals surface area contributed by atoms with Crippen LogP contribution in [0.4, 0.5) is 5.13 Å². The number of aromatic nitrogens is 1. The van der Waals surface area contributed by atoms with E-state index in [2.05, 4.69) is 0 Å². The highest BCUT2D eigenvalue weighted by molar-refractivity contribution is 7.89. The molecule has 39 heavy (non-hydrogen) atoms. The Labute approximate surface area is 230 Å². The molecule has 1 amide bonds. The molecular formula is C27H29N3O7S2. The largest absolute Gasteiger partial charge is 0.497 e. The van der Waals surface area contributed by atoms with Crippen molar-refractivity contribution >= 4 is 42.6 Å². The molecule has 206 valence electrons. The van der Waals surface area contributed by atoms with Crippen LogP contribution in [0.2, 0.25) is 0 Å². The number of piperidine rings is 1. The number of carbonyl (C=O) groups is 1. The molecule has 0 N–H and O–H groups in total. The van der Waals surface area contributed by atoms with Crippen molar-refractivity contribution in [3.05, 3.63) is 60.6 Å². The van der Waals surface area contributed by atoms with Crippen molar-refractivity contribution in [2.75, 3.05) is 39.3 Å². The minimum absolute atomic E-state index is 0.134. The van der Waals surface area contributed by atoms with Gasteiger partial charge < -0.3 is 18.6 Å². The van der Waals surface area contributed by atoms with Crippen molar-refractivity contribution in [3.63, 3.8) is 0 Å². The average Bonchev–Trinajstić information content (AvgIpc) is 3.65. The average molecular weight is 572 g/mol. The Morgan fingerprint density at radius 3 is 2.33 bits per heavy atom. The summed E-state index contributed by atoms with van der Waals surface area (Å²) >= 11 is 1.34. The third-order valence-corrected chi connectivity index (χ3v) is 9.80. The Morgan fingerprint density at radius 1 is 1.03 bits per heavy atom. The SMILES string of the molecule is COc1ccc(S(=O)(=O)N2CCC(C(=O)N(Cc3ccco3)c3nc4c(OC)ccc(OC)c4s3)CC2)cc1. The topological polar surface area (TPSA) is 111 Å². The number of methoxy groups -OCH3 is 3. The van der Waals surface area contributed by atoms with Gasteiger partial charge in [-0.3, -0.25) is 9.69 Å². The molecule has 0 saturated carbocycles. The summed E-state index contributed by atoms with van der Waals surface area (Å²) in [6.07, 6.45) is 2.34. The van der Waals surface area contributed by atoms with Gasteiger partial charge in [-0.25, -0.2) is 13.4 Å². The van der Waals surface area contributed by atoms with E-state index < -0.39 is 10.0 Å². The lowest BCUT2D eigenvalue weighted by Gasteiger charge is -2.32. The summed E-state index contributed by atoms with van der Waals surface area (Å²) in [6, 6.07) is 13.5. The third-order valence-electron chi connectivity index (χ3n) is 6.79. The summed E-state index contributed by atoms with van der Waals surface area (Å²) in [6.45, 7) is 0.669. The lowest BCUT2D eigenvalue weighted by Crippen LogP contribution is -2.44. The smallest absolute Gasteiger partial charge is 0.243 e. The highest BCUT2D eigenvalue weighted by atomic mass is 32.2. The molecule has 2 aromatic heterocycles. The molecule has 12 heteroatoms. The van der Waals surface area contributed by atoms with Crippen molar-refractivity contribution < 1.29 is 31.8 Å². The normalized spacial score (nSPS) is 14.8. The zero-order valence-electron chi connectivity index (χ0n) is 21.8. The number of benzene rings is 2. The van der Waals surface area contributed by atoms with Gasteiger partial charge in [-0.2, -0.15) is 4.31 Å². The van der Waals surface area contributed by atoms with Gasteiger partial charge in [-0.1, -0.05) is 11.3 Å². The number of nitrogens with zero attached hydrogens (tertiary/aromatic N) is 3. The van der Waals surface area contributed by atoms with Gasteiger partial charge in [0.05, 0.1) is 39.0 Å². The van der Waals surface area contributed by atoms with Crippen LogP contribution in [0.25, 0.3) is 10.2 Å². The molecule has 0 spiro atoms. The molecule has 5 rings (SSSR count). The first kappa shape index (κ1) is 27.0. The number of hydrogen-bond acceptors (Lipinski definition) is 9. The van der Waals surface area contributed by atoms with Crippen LogP contribution in [0.1, 0.15) is 18.6 Å². The van der Waals surface area contributed by atoms with Crippen molar-refractivity contribution in [1.82, 2.24) is 9.29 Å². The first-order valence-corrected chi connectivity index (χ1v) is 14.6. The molecule has 0 radical (unpaired) electrons. The molecule has 4 aromatic rings. The summed E-state index contributed by atoms with van der Waals surface area (Å²) < 4.78 is 50.3. The number of carbonyl (C=O) groups excluding carboxylic acids is 1. The minimum atomic E-state index is -3.68. The number of anilines is 1. The predicted octanol–water partition coefficient (Wildman–Crippen LogP) is 4.55. The highest BCUT2D eigenvalue weighted by Crippen LogP contribution is 2.41. The lowest BCUT2D eigenvalue weighted by molar-refractivity contribution is -0.123. The number of thiazole rings is 1. The van der Waals surface area contributed by atoms with E-state index in [0.29, 0.717) is 46.5 Å². The monoisotopic (exact) mass is 571 g/mol. The number of ether oxygens (including phenoxy) is 3. The van der Waals surface area contributed by atoms with E-state index in [4.69, 9.17) is 23.6 Å². The van der Waals surface area contributed by atoms with E-state index in [0.717, 1.165) is 4.70 Å². The summed E-state index contributed by atoms with van der Waals surface area (Å²) in [5.74, 6) is 1.90. The highest BCUT2D eigenvalue weighted by Gasteiger charge is 2.35. The van der Waals surface area contributed by atoms with Gasteiger partial charge in [0.2, 0.25) is 15.9 Å². The Morgan fingerprint density at radius 2 is 1.72 bits per heavy atom. The number of sulfonamides is 1. The Kier molecular flexibility index (Phi) is 7.78. The maximum absolute atomic E-state index is 13.9. The number of hydrogen-bond donors (Lipinski definition) is 0. The van der Waals surface area contributed by atoms with E-state index in [9.17, 15) is 13.2 Å². The van der Waals surface area contributed by atoms with Crippen molar-refractivity contribution in [1.29, 1.82) is 0 Å². The quantitative estimate of drug-likeness (QED) is 0.288. The van der Waals surface area contributed by atoms with E-state index in [-0.39, 0.29) is 36.4 Å². The zero-order chi connectivity index (χ0) is 27.6. The molecule has 1 fully saturated rings. The molecule has 3 heterocycles. The van der Waals surface area contributed by atoms with Crippen molar-refractivity contribution in [2.24, 2.45) is 5.92 Å². The number of fused-ring (bicyclic) bond motifs is 1. The number of furan rings is 1. The van der Waals surface area contributed by atoms with Crippen LogP contribution < -0.4 is 19.1 Å². The zero-order valence-corrected chi connectivity index (χ0v) is 23.5. The van der Waals surface area contributed by atoms with Crippen LogP contribution in [0.15, 0.2) is 64.1 Å². The van der Waals surface area contributed by atoms with Gasteiger partial charge in [0.25, 0.3) is 0 Å². The van der Waals surface area contributed by atoms with Crippen LogP contribution in [0, 0.1) is 5.92 Å². The fourth-order valence-corrected chi connectivity index (χ4v) is 7.20.